The van der Waals surface area contributed by atoms with Crippen LogP contribution in [0, 0.1) is 0 Å². The van der Waals surface area contributed by atoms with Gasteiger partial charge in [0, 0.05) is 34.3 Å². The summed E-state index contributed by atoms with van der Waals surface area (Å²) >= 11 is 0. The molecule has 25 heavy (non-hydrogen) atoms. The zero-order valence-electron chi connectivity index (χ0n) is 16.0. The Morgan fingerprint density at radius 1 is 1.12 bits per heavy atom. The van der Waals surface area contributed by atoms with Gasteiger partial charge in [-0.3, -0.25) is 4.99 Å². The number of anilines is 1. The lowest BCUT2D eigenvalue weighted by Crippen LogP contribution is -2.38. The first kappa shape index (κ1) is 21.2. The van der Waals surface area contributed by atoms with E-state index in [0.717, 1.165) is 36.9 Å². The lowest BCUT2D eigenvalue weighted by molar-refractivity contribution is 0.0487. The number of nitrogens with zero attached hydrogens (tertiary/aromatic N) is 3. The SMILES string of the molecule is CCCCOCCOCCNC(=NC)NCc1cccc(N(C)C)n1. The molecule has 1 heterocycles. The highest BCUT2D eigenvalue weighted by atomic mass is 16.5. The topological polar surface area (TPSA) is 71.0 Å². The highest BCUT2D eigenvalue weighted by Crippen LogP contribution is 2.07. The van der Waals surface area contributed by atoms with Crippen molar-refractivity contribution in [2.24, 2.45) is 4.99 Å². The number of unbranched alkanes of at least 4 members (excludes halogenated alkanes) is 1. The Bertz CT molecular complexity index is 494. The van der Waals surface area contributed by atoms with Crippen molar-refractivity contribution in [3.63, 3.8) is 0 Å². The number of rotatable bonds is 12. The number of ether oxygens (including phenoxy) is 2. The average molecular weight is 351 g/mol. The fourth-order valence-corrected chi connectivity index (χ4v) is 2.02. The van der Waals surface area contributed by atoms with Crippen molar-refractivity contribution in [3.8, 4) is 0 Å². The van der Waals surface area contributed by atoms with Crippen LogP contribution in [0.5, 0.6) is 0 Å². The molecule has 0 aliphatic heterocycles. The van der Waals surface area contributed by atoms with Crippen molar-refractivity contribution in [1.82, 2.24) is 15.6 Å². The number of guanidine groups is 1. The first-order valence-corrected chi connectivity index (χ1v) is 8.90. The lowest BCUT2D eigenvalue weighted by Gasteiger charge is -2.14. The summed E-state index contributed by atoms with van der Waals surface area (Å²) in [5.74, 6) is 1.68. The molecule has 7 heteroatoms. The van der Waals surface area contributed by atoms with Crippen LogP contribution in [0.15, 0.2) is 23.2 Å². The number of aliphatic imine (C=N–C) groups is 1. The summed E-state index contributed by atoms with van der Waals surface area (Å²) in [6.07, 6.45) is 2.27. The van der Waals surface area contributed by atoms with E-state index < -0.39 is 0 Å². The summed E-state index contributed by atoms with van der Waals surface area (Å²) in [6.45, 7) is 6.18. The quantitative estimate of drug-likeness (QED) is 0.339. The van der Waals surface area contributed by atoms with Crippen molar-refractivity contribution in [2.75, 3.05) is 59.0 Å². The van der Waals surface area contributed by atoms with Gasteiger partial charge in [-0.2, -0.15) is 0 Å². The van der Waals surface area contributed by atoms with E-state index in [1.54, 1.807) is 7.05 Å². The van der Waals surface area contributed by atoms with Crippen LogP contribution in [0.3, 0.4) is 0 Å². The second-order valence-corrected chi connectivity index (χ2v) is 5.81. The minimum absolute atomic E-state index is 0.617. The Morgan fingerprint density at radius 2 is 1.88 bits per heavy atom. The second kappa shape index (κ2) is 13.4. The molecule has 0 saturated carbocycles. The van der Waals surface area contributed by atoms with Crippen LogP contribution in [0.1, 0.15) is 25.5 Å². The van der Waals surface area contributed by atoms with Crippen LogP contribution in [-0.2, 0) is 16.0 Å². The predicted molar refractivity (Wildman–Crippen MR) is 103 cm³/mol. The first-order chi connectivity index (χ1) is 12.2. The molecule has 1 rings (SSSR count). The van der Waals surface area contributed by atoms with E-state index in [0.29, 0.717) is 32.9 Å². The first-order valence-electron chi connectivity index (χ1n) is 8.90. The summed E-state index contributed by atoms with van der Waals surface area (Å²) in [5, 5.41) is 6.48. The molecule has 7 nitrogen and oxygen atoms in total. The number of hydrogen-bond acceptors (Lipinski definition) is 5. The van der Waals surface area contributed by atoms with Crippen LogP contribution in [0.25, 0.3) is 0 Å². The fourth-order valence-electron chi connectivity index (χ4n) is 2.02. The van der Waals surface area contributed by atoms with Crippen molar-refractivity contribution >= 4 is 11.8 Å². The van der Waals surface area contributed by atoms with Crippen LogP contribution in [0.2, 0.25) is 0 Å². The Labute approximate surface area is 151 Å². The molecular formula is C18H33N5O2. The fraction of sp³-hybridized carbons (Fsp3) is 0.667. The van der Waals surface area contributed by atoms with Gasteiger partial charge in [0.15, 0.2) is 5.96 Å². The second-order valence-electron chi connectivity index (χ2n) is 5.81. The van der Waals surface area contributed by atoms with E-state index in [-0.39, 0.29) is 0 Å². The molecule has 0 aliphatic carbocycles. The van der Waals surface area contributed by atoms with Crippen LogP contribution in [0.4, 0.5) is 5.82 Å². The predicted octanol–water partition coefficient (Wildman–Crippen LogP) is 1.65. The van der Waals surface area contributed by atoms with Gasteiger partial charge in [0.2, 0.25) is 0 Å². The van der Waals surface area contributed by atoms with Gasteiger partial charge in [-0.05, 0) is 18.6 Å². The van der Waals surface area contributed by atoms with Crippen LogP contribution >= 0.6 is 0 Å². The van der Waals surface area contributed by atoms with Crippen LogP contribution < -0.4 is 15.5 Å². The Kier molecular flexibility index (Phi) is 11.4. The molecule has 0 bridgehead atoms. The van der Waals surface area contributed by atoms with E-state index in [1.807, 2.05) is 37.2 Å². The largest absolute Gasteiger partial charge is 0.379 e. The minimum atomic E-state index is 0.617. The molecule has 0 spiro atoms. The maximum Gasteiger partial charge on any atom is 0.191 e. The average Bonchev–Trinajstić information content (AvgIpc) is 2.63. The lowest BCUT2D eigenvalue weighted by atomic mass is 10.3. The van der Waals surface area contributed by atoms with Crippen LogP contribution in [-0.4, -0.2) is 65.1 Å². The molecule has 2 N–H and O–H groups in total. The maximum atomic E-state index is 5.53. The molecule has 0 unspecified atom stereocenters. The number of aromatic nitrogens is 1. The van der Waals surface area contributed by atoms with Gasteiger partial charge in [0.1, 0.15) is 5.82 Å². The summed E-state index contributed by atoms with van der Waals surface area (Å²) in [4.78, 5) is 10.8. The molecule has 0 radical (unpaired) electrons. The molecule has 0 aromatic carbocycles. The normalized spacial score (nSPS) is 11.4. The summed E-state index contributed by atoms with van der Waals surface area (Å²) in [5.41, 5.74) is 0.967. The minimum Gasteiger partial charge on any atom is -0.379 e. The van der Waals surface area contributed by atoms with Gasteiger partial charge < -0.3 is 25.0 Å². The molecule has 1 aromatic heterocycles. The van der Waals surface area contributed by atoms with E-state index in [2.05, 4.69) is 27.5 Å². The van der Waals surface area contributed by atoms with Crippen molar-refractivity contribution in [3.05, 3.63) is 23.9 Å². The Morgan fingerprint density at radius 3 is 2.56 bits per heavy atom. The third kappa shape index (κ3) is 9.89. The monoisotopic (exact) mass is 351 g/mol. The third-order valence-electron chi connectivity index (χ3n) is 3.46. The van der Waals surface area contributed by atoms with Gasteiger partial charge in [-0.25, -0.2) is 4.98 Å². The zero-order valence-corrected chi connectivity index (χ0v) is 16.0. The van der Waals surface area contributed by atoms with E-state index in [4.69, 9.17) is 9.47 Å². The molecule has 0 fully saturated rings. The Balaban J connectivity index is 2.15. The summed E-state index contributed by atoms with van der Waals surface area (Å²) < 4.78 is 11.0. The zero-order chi connectivity index (χ0) is 18.3. The molecule has 0 atom stereocenters. The molecule has 1 aromatic rings. The Hall–Kier alpha value is -1.86. The van der Waals surface area contributed by atoms with Gasteiger partial charge in [0.05, 0.1) is 32.1 Å². The molecule has 142 valence electrons. The van der Waals surface area contributed by atoms with Gasteiger partial charge in [0.25, 0.3) is 0 Å². The van der Waals surface area contributed by atoms with Gasteiger partial charge in [-0.1, -0.05) is 19.4 Å². The molecule has 0 saturated heterocycles. The van der Waals surface area contributed by atoms with Crippen molar-refractivity contribution in [1.29, 1.82) is 0 Å². The smallest absolute Gasteiger partial charge is 0.191 e. The standard InChI is InChI=1S/C18H33N5O2/c1-5-6-11-24-13-14-25-12-10-20-18(19-2)21-15-16-8-7-9-17(22-16)23(3)4/h7-9H,5-6,10-15H2,1-4H3,(H2,19,20,21). The highest BCUT2D eigenvalue weighted by molar-refractivity contribution is 5.79. The van der Waals surface area contributed by atoms with E-state index in [9.17, 15) is 0 Å². The summed E-state index contributed by atoms with van der Waals surface area (Å²) in [7, 11) is 5.71. The van der Waals surface area contributed by atoms with Crippen molar-refractivity contribution in [2.45, 2.75) is 26.3 Å². The summed E-state index contributed by atoms with van der Waals surface area (Å²) in [6, 6.07) is 5.99. The van der Waals surface area contributed by atoms with Gasteiger partial charge >= 0.3 is 0 Å². The highest BCUT2D eigenvalue weighted by Gasteiger charge is 2.02. The molecular weight excluding hydrogens is 318 g/mol. The number of hydrogen-bond donors (Lipinski definition) is 2. The van der Waals surface area contributed by atoms with E-state index >= 15 is 0 Å². The number of nitrogens with one attached hydrogen (secondary N) is 2. The maximum absolute atomic E-state index is 5.53. The van der Waals surface area contributed by atoms with Crippen molar-refractivity contribution < 1.29 is 9.47 Å². The van der Waals surface area contributed by atoms with E-state index in [1.165, 1.54) is 0 Å². The molecule has 0 amide bonds. The molecule has 0 aliphatic rings. The third-order valence-corrected chi connectivity index (χ3v) is 3.46. The van der Waals surface area contributed by atoms with Gasteiger partial charge in [-0.15, -0.1) is 0 Å². The number of pyridine rings is 1.